The van der Waals surface area contributed by atoms with E-state index in [1.807, 2.05) is 6.92 Å². The predicted molar refractivity (Wildman–Crippen MR) is 48.2 cm³/mol. The van der Waals surface area contributed by atoms with Gasteiger partial charge in [0.15, 0.2) is 5.69 Å². The van der Waals surface area contributed by atoms with Crippen LogP contribution in [0, 0.1) is 0 Å². The minimum atomic E-state index is -0.156. The Morgan fingerprint density at radius 1 is 1.77 bits per heavy atom. The number of rotatable bonds is 3. The Morgan fingerprint density at radius 2 is 2.46 bits per heavy atom. The molecule has 0 saturated carbocycles. The van der Waals surface area contributed by atoms with Crippen molar-refractivity contribution in [1.29, 1.82) is 0 Å². The van der Waals surface area contributed by atoms with E-state index >= 15 is 0 Å². The zero-order valence-electron chi connectivity index (χ0n) is 7.74. The van der Waals surface area contributed by atoms with Gasteiger partial charge in [-0.15, -0.1) is 0 Å². The molecule has 0 radical (unpaired) electrons. The van der Waals surface area contributed by atoms with Gasteiger partial charge in [-0.25, -0.2) is 0 Å². The van der Waals surface area contributed by atoms with Crippen LogP contribution in [0.25, 0.3) is 0 Å². The van der Waals surface area contributed by atoms with Gasteiger partial charge >= 0.3 is 0 Å². The summed E-state index contributed by atoms with van der Waals surface area (Å²) >= 11 is 0. The average molecular weight is 180 g/mol. The summed E-state index contributed by atoms with van der Waals surface area (Å²) in [5.74, 6) is -0.156. The van der Waals surface area contributed by atoms with Gasteiger partial charge in [0.25, 0.3) is 5.91 Å². The monoisotopic (exact) mass is 180 g/mol. The van der Waals surface area contributed by atoms with Crippen LogP contribution in [-0.4, -0.2) is 39.8 Å². The predicted octanol–water partition coefficient (Wildman–Crippen LogP) is 0.453. The Morgan fingerprint density at radius 3 is 2.92 bits per heavy atom. The van der Waals surface area contributed by atoms with E-state index in [1.165, 1.54) is 6.20 Å². The second kappa shape index (κ2) is 3.84. The first kappa shape index (κ1) is 9.44. The molecule has 0 unspecified atom stereocenters. The lowest BCUT2D eigenvalue weighted by atomic mass is 10.3. The fraction of sp³-hybridized carbons (Fsp3) is 0.375. The largest absolute Gasteiger partial charge is 0.336 e. The fourth-order valence-corrected chi connectivity index (χ4v) is 0.977. The standard InChI is InChI=1S/C8H12N4O/c1-6(2)5-12(3)8(13)7-4-9-11-10-7/h4H,1,5H2,2-3H3,(H,9,10,11). The van der Waals surface area contributed by atoms with E-state index in [1.54, 1.807) is 11.9 Å². The number of aromatic amines is 1. The Kier molecular flexibility index (Phi) is 2.79. The van der Waals surface area contributed by atoms with E-state index < -0.39 is 0 Å². The number of hydrogen-bond donors (Lipinski definition) is 1. The Bertz CT molecular complexity index is 304. The summed E-state index contributed by atoms with van der Waals surface area (Å²) in [5.41, 5.74) is 1.25. The maximum atomic E-state index is 11.5. The molecule has 0 aliphatic rings. The van der Waals surface area contributed by atoms with E-state index in [0.29, 0.717) is 12.2 Å². The van der Waals surface area contributed by atoms with Gasteiger partial charge in [0.05, 0.1) is 6.20 Å². The number of aromatic nitrogens is 3. The molecular formula is C8H12N4O. The highest BCUT2D eigenvalue weighted by molar-refractivity contribution is 5.91. The highest BCUT2D eigenvalue weighted by Gasteiger charge is 2.13. The second-order valence-electron chi connectivity index (χ2n) is 2.97. The zero-order chi connectivity index (χ0) is 9.84. The number of carbonyl (C=O) groups is 1. The van der Waals surface area contributed by atoms with Crippen LogP contribution in [0.4, 0.5) is 0 Å². The van der Waals surface area contributed by atoms with Gasteiger partial charge < -0.3 is 4.90 Å². The van der Waals surface area contributed by atoms with E-state index in [4.69, 9.17) is 0 Å². The van der Waals surface area contributed by atoms with Crippen molar-refractivity contribution in [2.75, 3.05) is 13.6 Å². The Balaban J connectivity index is 2.63. The van der Waals surface area contributed by atoms with Gasteiger partial charge in [-0.2, -0.15) is 15.4 Å². The van der Waals surface area contributed by atoms with Gasteiger partial charge in [0.1, 0.15) is 0 Å². The molecule has 70 valence electrons. The summed E-state index contributed by atoms with van der Waals surface area (Å²) in [5, 5.41) is 9.64. The number of nitrogens with one attached hydrogen (secondary N) is 1. The first-order chi connectivity index (χ1) is 6.11. The summed E-state index contributed by atoms with van der Waals surface area (Å²) in [6, 6.07) is 0. The van der Waals surface area contributed by atoms with Gasteiger partial charge in [0.2, 0.25) is 0 Å². The maximum absolute atomic E-state index is 11.5. The summed E-state index contributed by atoms with van der Waals surface area (Å²) < 4.78 is 0. The summed E-state index contributed by atoms with van der Waals surface area (Å²) in [4.78, 5) is 13.0. The molecule has 1 rings (SSSR count). The van der Waals surface area contributed by atoms with Crippen molar-refractivity contribution in [2.45, 2.75) is 6.92 Å². The molecular weight excluding hydrogens is 168 g/mol. The molecule has 0 aromatic carbocycles. The number of H-pyrrole nitrogens is 1. The van der Waals surface area contributed by atoms with Crippen molar-refractivity contribution >= 4 is 5.91 Å². The smallest absolute Gasteiger partial charge is 0.276 e. The van der Waals surface area contributed by atoms with E-state index in [9.17, 15) is 4.79 Å². The van der Waals surface area contributed by atoms with Crippen LogP contribution in [0.15, 0.2) is 18.3 Å². The minimum absolute atomic E-state index is 0.156. The molecule has 5 nitrogen and oxygen atoms in total. The van der Waals surface area contributed by atoms with E-state index in [0.717, 1.165) is 5.57 Å². The zero-order valence-corrected chi connectivity index (χ0v) is 7.74. The van der Waals surface area contributed by atoms with Crippen molar-refractivity contribution in [3.63, 3.8) is 0 Å². The summed E-state index contributed by atoms with van der Waals surface area (Å²) in [6.45, 7) is 6.12. The molecule has 0 atom stereocenters. The third-order valence-electron chi connectivity index (χ3n) is 1.49. The van der Waals surface area contributed by atoms with Crippen molar-refractivity contribution in [2.24, 2.45) is 0 Å². The Hall–Kier alpha value is -1.65. The number of amides is 1. The first-order valence-corrected chi connectivity index (χ1v) is 3.87. The molecule has 1 aromatic rings. The van der Waals surface area contributed by atoms with Crippen molar-refractivity contribution in [3.8, 4) is 0 Å². The van der Waals surface area contributed by atoms with Crippen LogP contribution >= 0.6 is 0 Å². The SMILES string of the molecule is C=C(C)CN(C)C(=O)c1cn[nH]n1. The maximum Gasteiger partial charge on any atom is 0.276 e. The normalized spacial score (nSPS) is 9.69. The molecule has 0 saturated heterocycles. The molecule has 1 aromatic heterocycles. The van der Waals surface area contributed by atoms with Crippen LogP contribution in [0.2, 0.25) is 0 Å². The minimum Gasteiger partial charge on any atom is -0.336 e. The highest BCUT2D eigenvalue weighted by Crippen LogP contribution is 1.99. The molecule has 1 heterocycles. The van der Waals surface area contributed by atoms with Crippen molar-refractivity contribution in [3.05, 3.63) is 24.0 Å². The second-order valence-corrected chi connectivity index (χ2v) is 2.97. The van der Waals surface area contributed by atoms with Crippen LogP contribution in [0.3, 0.4) is 0 Å². The molecule has 1 amide bonds. The number of likely N-dealkylation sites (N-methyl/N-ethyl adjacent to an activating group) is 1. The van der Waals surface area contributed by atoms with Gasteiger partial charge in [-0.05, 0) is 6.92 Å². The number of carbonyl (C=O) groups excluding carboxylic acids is 1. The number of nitrogens with zero attached hydrogens (tertiary/aromatic N) is 3. The highest BCUT2D eigenvalue weighted by atomic mass is 16.2. The summed E-state index contributed by atoms with van der Waals surface area (Å²) in [7, 11) is 1.70. The lowest BCUT2D eigenvalue weighted by Crippen LogP contribution is -2.28. The Labute approximate surface area is 76.4 Å². The van der Waals surface area contributed by atoms with E-state index in [-0.39, 0.29) is 5.91 Å². The van der Waals surface area contributed by atoms with Crippen LogP contribution in [0.5, 0.6) is 0 Å². The third-order valence-corrected chi connectivity index (χ3v) is 1.49. The van der Waals surface area contributed by atoms with Crippen LogP contribution < -0.4 is 0 Å². The first-order valence-electron chi connectivity index (χ1n) is 3.87. The van der Waals surface area contributed by atoms with Gasteiger partial charge in [-0.1, -0.05) is 12.2 Å². The topological polar surface area (TPSA) is 61.9 Å². The van der Waals surface area contributed by atoms with Gasteiger partial charge in [-0.3, -0.25) is 4.79 Å². The molecule has 0 aliphatic carbocycles. The quantitative estimate of drug-likeness (QED) is 0.687. The fourth-order valence-electron chi connectivity index (χ4n) is 0.977. The molecule has 0 spiro atoms. The lowest BCUT2D eigenvalue weighted by Gasteiger charge is -2.14. The van der Waals surface area contributed by atoms with Crippen molar-refractivity contribution in [1.82, 2.24) is 20.3 Å². The van der Waals surface area contributed by atoms with Crippen LogP contribution in [-0.2, 0) is 0 Å². The number of hydrogen-bond acceptors (Lipinski definition) is 3. The van der Waals surface area contributed by atoms with Crippen molar-refractivity contribution < 1.29 is 4.79 Å². The van der Waals surface area contributed by atoms with Gasteiger partial charge in [0, 0.05) is 13.6 Å². The van der Waals surface area contributed by atoms with E-state index in [2.05, 4.69) is 22.0 Å². The molecule has 1 N–H and O–H groups in total. The molecule has 0 fully saturated rings. The molecule has 13 heavy (non-hydrogen) atoms. The third kappa shape index (κ3) is 2.40. The summed E-state index contributed by atoms with van der Waals surface area (Å²) in [6.07, 6.45) is 1.40. The molecule has 0 aliphatic heterocycles. The molecule has 5 heteroatoms. The lowest BCUT2D eigenvalue weighted by molar-refractivity contribution is 0.0801. The van der Waals surface area contributed by atoms with Crippen LogP contribution in [0.1, 0.15) is 17.4 Å². The average Bonchev–Trinajstić information content (AvgIpc) is 2.53. The molecule has 0 bridgehead atoms.